The van der Waals surface area contributed by atoms with Crippen LogP contribution in [0.4, 0.5) is 18.9 Å². The number of nitrogens with two attached hydrogens (primary N) is 1. The molecule has 1 aromatic rings. The van der Waals surface area contributed by atoms with Gasteiger partial charge in [-0.15, -0.1) is 0 Å². The summed E-state index contributed by atoms with van der Waals surface area (Å²) in [6.45, 7) is -3.78. The lowest BCUT2D eigenvalue weighted by atomic mass is 9.47. The SMILES string of the molecule is NC(=O)CC12CC3CC(C1)C(NC(=O)CN1CC(O)(C(F)(F)F)CN(c4c(Cl)cc(Cl)cc4Cl)S1(=O)=O)C(C3)C2. The minimum absolute atomic E-state index is 0.0174. The van der Waals surface area contributed by atoms with Crippen molar-refractivity contribution < 1.29 is 36.3 Å². The minimum atomic E-state index is -5.25. The Labute approximate surface area is 244 Å². The lowest BCUT2D eigenvalue weighted by Gasteiger charge is -2.60. The number of alkyl halides is 3. The second-order valence-electron chi connectivity index (χ2n) is 11.7. The highest BCUT2D eigenvalue weighted by atomic mass is 35.5. The summed E-state index contributed by atoms with van der Waals surface area (Å²) in [4.78, 5) is 24.9. The average Bonchev–Trinajstić information content (AvgIpc) is 2.77. The van der Waals surface area contributed by atoms with Crippen LogP contribution in [-0.4, -0.2) is 67.1 Å². The second kappa shape index (κ2) is 10.0. The smallest absolute Gasteiger partial charge is 0.378 e. The first-order valence-corrected chi connectivity index (χ1v) is 15.3. The van der Waals surface area contributed by atoms with Gasteiger partial charge in [0.15, 0.2) is 5.60 Å². The summed E-state index contributed by atoms with van der Waals surface area (Å²) in [7, 11) is -4.80. The van der Waals surface area contributed by atoms with E-state index in [1.54, 1.807) is 0 Å². The van der Waals surface area contributed by atoms with Crippen molar-refractivity contribution in [3.05, 3.63) is 27.2 Å². The molecule has 6 rings (SSSR count). The van der Waals surface area contributed by atoms with Crippen molar-refractivity contribution in [1.29, 1.82) is 0 Å². The molecule has 40 heavy (non-hydrogen) atoms. The van der Waals surface area contributed by atoms with Gasteiger partial charge >= 0.3 is 16.4 Å². The Hall–Kier alpha value is -1.51. The molecule has 4 aliphatic carbocycles. The largest absolute Gasteiger partial charge is 0.420 e. The van der Waals surface area contributed by atoms with Crippen LogP contribution in [0.15, 0.2) is 12.1 Å². The minimum Gasteiger partial charge on any atom is -0.378 e. The van der Waals surface area contributed by atoms with Gasteiger partial charge in [-0.25, -0.2) is 0 Å². The van der Waals surface area contributed by atoms with E-state index in [4.69, 9.17) is 40.5 Å². The van der Waals surface area contributed by atoms with Crippen molar-refractivity contribution in [2.75, 3.05) is 23.9 Å². The Morgan fingerprint density at radius 1 is 1.07 bits per heavy atom. The van der Waals surface area contributed by atoms with Crippen LogP contribution < -0.4 is 15.4 Å². The summed E-state index contributed by atoms with van der Waals surface area (Å²) in [6, 6.07) is 1.90. The average molecular weight is 648 g/mol. The fourth-order valence-electron chi connectivity index (χ4n) is 7.57. The second-order valence-corrected chi connectivity index (χ2v) is 14.8. The molecular weight excluding hydrogens is 620 g/mol. The fourth-order valence-corrected chi connectivity index (χ4v) is 10.4. The molecule has 1 aromatic carbocycles. The van der Waals surface area contributed by atoms with Gasteiger partial charge in [0.05, 0.1) is 35.4 Å². The molecule has 4 N–H and O–H groups in total. The first-order valence-electron chi connectivity index (χ1n) is 12.7. The third-order valence-corrected chi connectivity index (χ3v) is 11.4. The predicted octanol–water partition coefficient (Wildman–Crippen LogP) is 3.49. The molecule has 3 unspecified atom stereocenters. The van der Waals surface area contributed by atoms with E-state index in [0.29, 0.717) is 18.8 Å². The number of benzene rings is 1. The van der Waals surface area contributed by atoms with Gasteiger partial charge in [-0.3, -0.25) is 13.9 Å². The van der Waals surface area contributed by atoms with Crippen molar-refractivity contribution in [2.45, 2.75) is 56.3 Å². The van der Waals surface area contributed by atoms with E-state index in [1.165, 1.54) is 0 Å². The molecule has 0 spiro atoms. The quantitative estimate of drug-likeness (QED) is 0.435. The number of carbonyl (C=O) groups is 2. The maximum Gasteiger partial charge on any atom is 0.420 e. The van der Waals surface area contributed by atoms with Crippen molar-refractivity contribution in [3.63, 3.8) is 0 Å². The molecular formula is C24H28Cl3F3N4O5S. The van der Waals surface area contributed by atoms with Crippen LogP contribution in [0, 0.1) is 23.2 Å². The zero-order valence-electron chi connectivity index (χ0n) is 21.1. The van der Waals surface area contributed by atoms with Gasteiger partial charge in [0, 0.05) is 17.5 Å². The van der Waals surface area contributed by atoms with Crippen LogP contribution in [0.1, 0.15) is 38.5 Å². The van der Waals surface area contributed by atoms with Crippen LogP contribution in [0.3, 0.4) is 0 Å². The van der Waals surface area contributed by atoms with Gasteiger partial charge in [-0.2, -0.15) is 25.9 Å². The molecule has 3 atom stereocenters. The number of primary amides is 1. The lowest BCUT2D eigenvalue weighted by Crippen LogP contribution is -2.69. The number of hydrogen-bond acceptors (Lipinski definition) is 5. The zero-order chi connectivity index (χ0) is 29.4. The van der Waals surface area contributed by atoms with Crippen LogP contribution in [-0.2, 0) is 19.8 Å². The number of nitrogens with one attached hydrogen (secondary N) is 1. The summed E-state index contributed by atoms with van der Waals surface area (Å²) in [5, 5.41) is 12.8. The summed E-state index contributed by atoms with van der Waals surface area (Å²) in [6.07, 6.45) is -1.05. The van der Waals surface area contributed by atoms with Gasteiger partial charge in [0.25, 0.3) is 0 Å². The number of anilines is 1. The van der Waals surface area contributed by atoms with E-state index in [9.17, 15) is 36.3 Å². The number of rotatable bonds is 6. The van der Waals surface area contributed by atoms with Crippen molar-refractivity contribution in [3.8, 4) is 0 Å². The Bertz CT molecular complexity index is 1310. The van der Waals surface area contributed by atoms with Gasteiger partial charge in [-0.05, 0) is 67.4 Å². The van der Waals surface area contributed by atoms with Gasteiger partial charge in [-0.1, -0.05) is 34.8 Å². The van der Waals surface area contributed by atoms with E-state index in [1.807, 2.05) is 0 Å². The maximum atomic E-state index is 14.0. The standard InChI is InChI=1S/C24H28Cl3F3N4O5S/c25-15-3-16(26)21(17(27)4-15)34-11-23(37,24(28,29)30)10-33(40(34,38)39)9-19(36)32-20-13-1-12-2-14(20)7-22(5-12,6-13)8-18(31)35/h3-4,12-14,20,37H,1-2,5-11H2,(H2,31,35)(H,32,36). The highest BCUT2D eigenvalue weighted by Crippen LogP contribution is 2.61. The Kier molecular flexibility index (Phi) is 7.53. The first-order chi connectivity index (χ1) is 18.4. The molecule has 2 amide bonds. The summed E-state index contributed by atoms with van der Waals surface area (Å²) < 4.78 is 69.7. The molecule has 1 heterocycles. The summed E-state index contributed by atoms with van der Waals surface area (Å²) in [5.41, 5.74) is 1.25. The Balaban J connectivity index is 1.39. The summed E-state index contributed by atoms with van der Waals surface area (Å²) >= 11 is 18.1. The van der Waals surface area contributed by atoms with Crippen molar-refractivity contribution in [1.82, 2.24) is 9.62 Å². The molecule has 5 fully saturated rings. The predicted molar refractivity (Wildman–Crippen MR) is 142 cm³/mol. The Morgan fingerprint density at radius 3 is 2.17 bits per heavy atom. The number of carbonyl (C=O) groups excluding carboxylic acids is 2. The van der Waals surface area contributed by atoms with Gasteiger partial charge in [0.1, 0.15) is 0 Å². The number of nitrogens with zero attached hydrogens (tertiary/aromatic N) is 2. The van der Waals surface area contributed by atoms with Crippen LogP contribution in [0.5, 0.6) is 0 Å². The highest BCUT2D eigenvalue weighted by molar-refractivity contribution is 7.90. The molecule has 9 nitrogen and oxygen atoms in total. The highest BCUT2D eigenvalue weighted by Gasteiger charge is 2.62. The maximum absolute atomic E-state index is 14.0. The zero-order valence-corrected chi connectivity index (χ0v) is 24.1. The molecule has 222 valence electrons. The number of β-amino-alcohol motifs (C(OH)–C–C–N with tert-alkyl or cyclic N) is 1. The molecule has 5 aliphatic rings. The van der Waals surface area contributed by atoms with Crippen LogP contribution in [0.2, 0.25) is 15.1 Å². The third-order valence-electron chi connectivity index (χ3n) is 8.80. The van der Waals surface area contributed by atoms with Crippen molar-refractivity contribution in [2.24, 2.45) is 28.9 Å². The first kappa shape index (κ1) is 30.0. The van der Waals surface area contributed by atoms with Crippen LogP contribution >= 0.6 is 34.8 Å². The summed E-state index contributed by atoms with van der Waals surface area (Å²) in [5.74, 6) is -0.688. The van der Waals surface area contributed by atoms with E-state index < -0.39 is 53.2 Å². The van der Waals surface area contributed by atoms with Crippen LogP contribution in [0.25, 0.3) is 0 Å². The van der Waals surface area contributed by atoms with E-state index in [-0.39, 0.29) is 59.3 Å². The number of amides is 2. The molecule has 1 aliphatic heterocycles. The van der Waals surface area contributed by atoms with E-state index in [2.05, 4.69) is 5.32 Å². The number of aliphatic hydroxyl groups is 1. The normalized spacial score (nSPS) is 35.1. The third kappa shape index (κ3) is 5.26. The van der Waals surface area contributed by atoms with Gasteiger partial charge in [0.2, 0.25) is 11.8 Å². The fraction of sp³-hybridized carbons (Fsp3) is 0.667. The Morgan fingerprint density at radius 2 is 1.65 bits per heavy atom. The van der Waals surface area contributed by atoms with Crippen molar-refractivity contribution >= 4 is 62.5 Å². The molecule has 4 saturated carbocycles. The molecule has 16 heteroatoms. The monoisotopic (exact) mass is 646 g/mol. The lowest BCUT2D eigenvalue weighted by molar-refractivity contribution is -0.258. The van der Waals surface area contributed by atoms with E-state index in [0.717, 1.165) is 31.4 Å². The molecule has 0 radical (unpaired) electrons. The van der Waals surface area contributed by atoms with E-state index >= 15 is 0 Å². The number of hydrogen-bond donors (Lipinski definition) is 3. The molecule has 0 aromatic heterocycles. The topological polar surface area (TPSA) is 133 Å². The number of halogens is 6. The molecule has 4 bridgehead atoms. The van der Waals surface area contributed by atoms with Gasteiger partial charge < -0.3 is 16.2 Å². The molecule has 1 saturated heterocycles.